The lowest BCUT2D eigenvalue weighted by Crippen LogP contribution is -2.32. The summed E-state index contributed by atoms with van der Waals surface area (Å²) >= 11 is 5.55. The van der Waals surface area contributed by atoms with Crippen molar-refractivity contribution in [2.24, 2.45) is 0 Å². The van der Waals surface area contributed by atoms with Crippen LogP contribution in [0.5, 0.6) is 0 Å². The van der Waals surface area contributed by atoms with Crippen LogP contribution in [0.3, 0.4) is 0 Å². The number of amides is 2. The van der Waals surface area contributed by atoms with Gasteiger partial charge in [0.1, 0.15) is 0 Å². The van der Waals surface area contributed by atoms with Gasteiger partial charge in [-0.25, -0.2) is 4.79 Å². The van der Waals surface area contributed by atoms with Crippen molar-refractivity contribution >= 4 is 23.3 Å². The van der Waals surface area contributed by atoms with E-state index in [1.807, 2.05) is 31.2 Å². The minimum Gasteiger partial charge on any atom is -0.326 e. The lowest BCUT2D eigenvalue weighted by molar-refractivity contribution is 0.225. The van der Waals surface area contributed by atoms with Crippen molar-refractivity contribution in [3.05, 3.63) is 29.8 Å². The topological polar surface area (TPSA) is 32.3 Å². The van der Waals surface area contributed by atoms with E-state index in [4.69, 9.17) is 11.6 Å². The normalized spacial score (nSPS) is 9.80. The average Bonchev–Trinajstić information content (AvgIpc) is 2.18. The van der Waals surface area contributed by atoms with Gasteiger partial charge in [0.15, 0.2) is 0 Å². The summed E-state index contributed by atoms with van der Waals surface area (Å²) in [5.74, 6) is 0.442. The molecule has 0 aliphatic rings. The summed E-state index contributed by atoms with van der Waals surface area (Å²) in [5.41, 5.74) is 1.93. The van der Waals surface area contributed by atoms with E-state index in [1.54, 1.807) is 11.9 Å². The van der Waals surface area contributed by atoms with E-state index in [9.17, 15) is 4.79 Å². The molecule has 2 amide bonds. The summed E-state index contributed by atoms with van der Waals surface area (Å²) in [7, 11) is 1.72. The maximum Gasteiger partial charge on any atom is 0.321 e. The van der Waals surface area contributed by atoms with Crippen LogP contribution in [0, 0.1) is 6.92 Å². The fraction of sp³-hybridized carbons (Fsp3) is 0.364. The number of urea groups is 1. The van der Waals surface area contributed by atoms with Gasteiger partial charge in [0.25, 0.3) is 0 Å². The van der Waals surface area contributed by atoms with Crippen LogP contribution in [0.4, 0.5) is 10.5 Å². The Morgan fingerprint density at radius 2 is 2.27 bits per heavy atom. The Balaban J connectivity index is 2.58. The maximum atomic E-state index is 11.6. The van der Waals surface area contributed by atoms with Crippen molar-refractivity contribution in [3.63, 3.8) is 0 Å². The van der Waals surface area contributed by atoms with Gasteiger partial charge in [0.2, 0.25) is 0 Å². The summed E-state index contributed by atoms with van der Waals surface area (Å²) in [6, 6.07) is 7.54. The zero-order valence-electron chi connectivity index (χ0n) is 8.96. The molecular formula is C11H15ClN2O. The quantitative estimate of drug-likeness (QED) is 0.790. The van der Waals surface area contributed by atoms with Crippen molar-refractivity contribution in [1.29, 1.82) is 0 Å². The number of hydrogen-bond donors (Lipinski definition) is 1. The first-order chi connectivity index (χ1) is 7.13. The molecule has 15 heavy (non-hydrogen) atoms. The number of anilines is 1. The van der Waals surface area contributed by atoms with Gasteiger partial charge in [-0.2, -0.15) is 0 Å². The van der Waals surface area contributed by atoms with Crippen LogP contribution in [0.25, 0.3) is 0 Å². The van der Waals surface area contributed by atoms with Gasteiger partial charge in [0.05, 0.1) is 0 Å². The van der Waals surface area contributed by atoms with E-state index in [0.29, 0.717) is 12.4 Å². The number of carbonyl (C=O) groups excluding carboxylic acids is 1. The van der Waals surface area contributed by atoms with Gasteiger partial charge in [-0.05, 0) is 24.6 Å². The maximum absolute atomic E-state index is 11.6. The smallest absolute Gasteiger partial charge is 0.321 e. The van der Waals surface area contributed by atoms with Gasteiger partial charge in [-0.15, -0.1) is 11.6 Å². The van der Waals surface area contributed by atoms with Crippen molar-refractivity contribution in [2.75, 3.05) is 24.8 Å². The zero-order chi connectivity index (χ0) is 11.3. The highest BCUT2D eigenvalue weighted by molar-refractivity contribution is 6.18. The van der Waals surface area contributed by atoms with Crippen LogP contribution in [0.15, 0.2) is 24.3 Å². The van der Waals surface area contributed by atoms with E-state index in [0.717, 1.165) is 11.3 Å². The molecule has 1 rings (SSSR count). The third-order valence-electron chi connectivity index (χ3n) is 2.04. The molecule has 0 aliphatic heterocycles. The van der Waals surface area contributed by atoms with Gasteiger partial charge < -0.3 is 10.2 Å². The first-order valence-corrected chi connectivity index (χ1v) is 5.31. The molecule has 0 atom stereocenters. The summed E-state index contributed by atoms with van der Waals surface area (Å²) in [6.07, 6.45) is 0. The highest BCUT2D eigenvalue weighted by Gasteiger charge is 2.07. The molecule has 0 radical (unpaired) electrons. The number of alkyl halides is 1. The van der Waals surface area contributed by atoms with E-state index < -0.39 is 0 Å². The second kappa shape index (κ2) is 5.61. The number of rotatable bonds is 3. The number of nitrogens with one attached hydrogen (secondary N) is 1. The molecule has 1 aromatic carbocycles. The lowest BCUT2D eigenvalue weighted by atomic mass is 10.2. The Morgan fingerprint density at radius 1 is 1.53 bits per heavy atom. The van der Waals surface area contributed by atoms with Crippen molar-refractivity contribution in [3.8, 4) is 0 Å². The molecule has 3 nitrogen and oxygen atoms in total. The molecule has 0 unspecified atom stereocenters. The molecule has 0 spiro atoms. The molecule has 1 aromatic rings. The standard InChI is InChI=1S/C11H15ClN2O/c1-9-4-3-5-10(8-9)13-11(15)14(2)7-6-12/h3-5,8H,6-7H2,1-2H3,(H,13,15). The van der Waals surface area contributed by atoms with Crippen LogP contribution < -0.4 is 5.32 Å². The zero-order valence-corrected chi connectivity index (χ0v) is 9.71. The Kier molecular flexibility index (Phi) is 4.43. The predicted octanol–water partition coefficient (Wildman–Crippen LogP) is 2.70. The number of nitrogens with zero attached hydrogens (tertiary/aromatic N) is 1. The van der Waals surface area contributed by atoms with E-state index in [-0.39, 0.29) is 6.03 Å². The SMILES string of the molecule is Cc1cccc(NC(=O)N(C)CCCl)c1. The van der Waals surface area contributed by atoms with E-state index in [2.05, 4.69) is 5.32 Å². The lowest BCUT2D eigenvalue weighted by Gasteiger charge is -2.16. The first-order valence-electron chi connectivity index (χ1n) is 4.78. The highest BCUT2D eigenvalue weighted by atomic mass is 35.5. The number of aryl methyl sites for hydroxylation is 1. The largest absolute Gasteiger partial charge is 0.326 e. The fourth-order valence-corrected chi connectivity index (χ4v) is 1.42. The summed E-state index contributed by atoms with van der Waals surface area (Å²) in [5, 5.41) is 2.80. The minimum atomic E-state index is -0.138. The number of hydrogen-bond acceptors (Lipinski definition) is 1. The Morgan fingerprint density at radius 3 is 2.87 bits per heavy atom. The predicted molar refractivity (Wildman–Crippen MR) is 63.5 cm³/mol. The molecule has 0 saturated carbocycles. The summed E-state index contributed by atoms with van der Waals surface area (Å²) < 4.78 is 0. The molecular weight excluding hydrogens is 212 g/mol. The molecule has 0 bridgehead atoms. The minimum absolute atomic E-state index is 0.138. The fourth-order valence-electron chi connectivity index (χ4n) is 1.17. The van der Waals surface area contributed by atoms with Gasteiger partial charge in [-0.3, -0.25) is 0 Å². The summed E-state index contributed by atoms with van der Waals surface area (Å²) in [6.45, 7) is 2.53. The van der Waals surface area contributed by atoms with Gasteiger partial charge in [0, 0.05) is 25.2 Å². The van der Waals surface area contributed by atoms with Crippen molar-refractivity contribution in [1.82, 2.24) is 4.90 Å². The second-order valence-corrected chi connectivity index (χ2v) is 3.79. The second-order valence-electron chi connectivity index (χ2n) is 3.41. The average molecular weight is 227 g/mol. The third-order valence-corrected chi connectivity index (χ3v) is 2.20. The molecule has 0 saturated heterocycles. The van der Waals surface area contributed by atoms with Crippen LogP contribution in [-0.2, 0) is 0 Å². The third kappa shape index (κ3) is 3.80. The molecule has 0 aromatic heterocycles. The van der Waals surface area contributed by atoms with Crippen LogP contribution in [0.2, 0.25) is 0 Å². The molecule has 0 aliphatic carbocycles. The van der Waals surface area contributed by atoms with Crippen molar-refractivity contribution in [2.45, 2.75) is 6.92 Å². The highest BCUT2D eigenvalue weighted by Crippen LogP contribution is 2.09. The number of halogens is 1. The molecule has 1 N–H and O–H groups in total. The molecule has 0 heterocycles. The van der Waals surface area contributed by atoms with Crippen LogP contribution in [0.1, 0.15) is 5.56 Å². The van der Waals surface area contributed by atoms with E-state index >= 15 is 0 Å². The Labute approximate surface area is 95.0 Å². The number of benzene rings is 1. The van der Waals surface area contributed by atoms with Gasteiger partial charge >= 0.3 is 6.03 Å². The Hall–Kier alpha value is -1.22. The van der Waals surface area contributed by atoms with Crippen molar-refractivity contribution < 1.29 is 4.79 Å². The van der Waals surface area contributed by atoms with E-state index in [1.165, 1.54) is 0 Å². The van der Waals surface area contributed by atoms with Crippen LogP contribution >= 0.6 is 11.6 Å². The molecule has 82 valence electrons. The first kappa shape index (κ1) is 11.9. The Bertz CT molecular complexity index is 341. The number of carbonyl (C=O) groups is 1. The molecule has 0 fully saturated rings. The summed E-state index contributed by atoms with van der Waals surface area (Å²) in [4.78, 5) is 13.1. The van der Waals surface area contributed by atoms with Crippen LogP contribution in [-0.4, -0.2) is 30.4 Å². The molecule has 4 heteroatoms. The monoisotopic (exact) mass is 226 g/mol. The van der Waals surface area contributed by atoms with Gasteiger partial charge in [-0.1, -0.05) is 12.1 Å².